The SMILES string of the molecule is c1ccc2c(-c3nnc(SCc4csc(-c5ccsc5)n4)o3)c[nH]c2c1. The number of benzene rings is 1. The minimum Gasteiger partial charge on any atom is -0.411 e. The van der Waals surface area contributed by atoms with E-state index >= 15 is 0 Å². The third-order valence-electron chi connectivity index (χ3n) is 3.89. The zero-order valence-corrected chi connectivity index (χ0v) is 15.8. The van der Waals surface area contributed by atoms with E-state index in [-0.39, 0.29) is 0 Å². The van der Waals surface area contributed by atoms with Gasteiger partial charge in [-0.2, -0.15) is 11.3 Å². The topological polar surface area (TPSA) is 67.6 Å². The highest BCUT2D eigenvalue weighted by Gasteiger charge is 2.14. The van der Waals surface area contributed by atoms with Gasteiger partial charge in [-0.15, -0.1) is 21.5 Å². The van der Waals surface area contributed by atoms with Gasteiger partial charge in [-0.05, 0) is 17.5 Å². The number of aromatic amines is 1. The van der Waals surface area contributed by atoms with Gasteiger partial charge in [0.05, 0.1) is 11.3 Å². The lowest BCUT2D eigenvalue weighted by molar-refractivity contribution is 0.466. The van der Waals surface area contributed by atoms with Crippen LogP contribution in [0.1, 0.15) is 5.69 Å². The molecule has 4 aromatic heterocycles. The number of hydrogen-bond donors (Lipinski definition) is 1. The van der Waals surface area contributed by atoms with Crippen molar-refractivity contribution in [2.24, 2.45) is 0 Å². The van der Waals surface area contributed by atoms with E-state index in [9.17, 15) is 0 Å². The highest BCUT2D eigenvalue weighted by Crippen LogP contribution is 2.31. The molecule has 0 atom stereocenters. The Bertz CT molecular complexity index is 1160. The van der Waals surface area contributed by atoms with E-state index in [0.29, 0.717) is 16.9 Å². The summed E-state index contributed by atoms with van der Waals surface area (Å²) in [6, 6.07) is 10.2. The number of para-hydroxylation sites is 1. The van der Waals surface area contributed by atoms with Crippen LogP contribution in [0.3, 0.4) is 0 Å². The maximum absolute atomic E-state index is 5.83. The molecule has 0 bridgehead atoms. The quantitative estimate of drug-likeness (QED) is 0.386. The van der Waals surface area contributed by atoms with Crippen molar-refractivity contribution in [3.05, 3.63) is 58.4 Å². The average Bonchev–Trinajstić information content (AvgIpc) is 3.46. The summed E-state index contributed by atoms with van der Waals surface area (Å²) < 4.78 is 5.83. The van der Waals surface area contributed by atoms with Crippen LogP contribution in [0.25, 0.3) is 32.9 Å². The number of thiazole rings is 1. The highest BCUT2D eigenvalue weighted by molar-refractivity contribution is 7.98. The van der Waals surface area contributed by atoms with Gasteiger partial charge in [-0.3, -0.25) is 0 Å². The molecule has 8 heteroatoms. The van der Waals surface area contributed by atoms with Crippen molar-refractivity contribution in [3.8, 4) is 22.0 Å². The Kier molecular flexibility index (Phi) is 4.08. The first kappa shape index (κ1) is 15.8. The van der Waals surface area contributed by atoms with Crippen molar-refractivity contribution < 1.29 is 4.42 Å². The van der Waals surface area contributed by atoms with Crippen molar-refractivity contribution in [2.75, 3.05) is 0 Å². The second-order valence-electron chi connectivity index (χ2n) is 5.57. The van der Waals surface area contributed by atoms with E-state index in [4.69, 9.17) is 4.42 Å². The maximum Gasteiger partial charge on any atom is 0.277 e. The van der Waals surface area contributed by atoms with E-state index in [2.05, 4.69) is 42.4 Å². The van der Waals surface area contributed by atoms with Crippen molar-refractivity contribution in [3.63, 3.8) is 0 Å². The molecule has 0 aliphatic heterocycles. The smallest absolute Gasteiger partial charge is 0.277 e. The van der Waals surface area contributed by atoms with E-state index in [1.165, 1.54) is 17.3 Å². The number of rotatable bonds is 5. The Morgan fingerprint density at radius 2 is 2.08 bits per heavy atom. The molecule has 0 amide bonds. The number of nitrogens with zero attached hydrogens (tertiary/aromatic N) is 3. The molecule has 0 spiro atoms. The third kappa shape index (κ3) is 2.96. The molecule has 1 aromatic carbocycles. The fourth-order valence-corrected chi connectivity index (χ4v) is 4.95. The lowest BCUT2D eigenvalue weighted by Crippen LogP contribution is -1.81. The second-order valence-corrected chi connectivity index (χ2v) is 8.13. The summed E-state index contributed by atoms with van der Waals surface area (Å²) >= 11 is 4.84. The summed E-state index contributed by atoms with van der Waals surface area (Å²) in [6.07, 6.45) is 1.90. The molecule has 5 nitrogen and oxygen atoms in total. The van der Waals surface area contributed by atoms with E-state index in [0.717, 1.165) is 27.2 Å². The number of fused-ring (bicyclic) bond motifs is 1. The van der Waals surface area contributed by atoms with Crippen LogP contribution >= 0.6 is 34.4 Å². The number of thioether (sulfide) groups is 1. The number of H-pyrrole nitrogens is 1. The zero-order chi connectivity index (χ0) is 17.3. The summed E-state index contributed by atoms with van der Waals surface area (Å²) in [5.41, 5.74) is 4.18. The Balaban J connectivity index is 1.32. The van der Waals surface area contributed by atoms with E-state index < -0.39 is 0 Å². The Labute approximate surface area is 161 Å². The van der Waals surface area contributed by atoms with Crippen LogP contribution in [-0.2, 0) is 5.75 Å². The predicted molar refractivity (Wildman–Crippen MR) is 107 cm³/mol. The molecule has 4 heterocycles. The standard InChI is InChI=1S/C18H12N4OS3/c1-2-4-15-13(3-1)14(7-19-15)16-21-22-18(23-16)26-10-12-9-25-17(20-12)11-5-6-24-8-11/h1-9,19H,10H2. The highest BCUT2D eigenvalue weighted by atomic mass is 32.2. The van der Waals surface area contributed by atoms with Gasteiger partial charge in [-0.25, -0.2) is 4.98 Å². The summed E-state index contributed by atoms with van der Waals surface area (Å²) in [7, 11) is 0. The average molecular weight is 397 g/mol. The Morgan fingerprint density at radius 3 is 3.00 bits per heavy atom. The van der Waals surface area contributed by atoms with Crippen LogP contribution in [0.2, 0.25) is 0 Å². The van der Waals surface area contributed by atoms with Gasteiger partial charge >= 0.3 is 0 Å². The van der Waals surface area contributed by atoms with Gasteiger partial charge in [0.25, 0.3) is 11.1 Å². The van der Waals surface area contributed by atoms with Crippen molar-refractivity contribution >= 4 is 45.3 Å². The minimum absolute atomic E-state index is 0.530. The van der Waals surface area contributed by atoms with Crippen LogP contribution in [0.15, 0.2) is 62.3 Å². The lowest BCUT2D eigenvalue weighted by atomic mass is 10.2. The monoisotopic (exact) mass is 396 g/mol. The van der Waals surface area contributed by atoms with Crippen LogP contribution in [0.4, 0.5) is 0 Å². The Morgan fingerprint density at radius 1 is 1.12 bits per heavy atom. The third-order valence-corrected chi connectivity index (χ3v) is 6.36. The predicted octanol–water partition coefficient (Wildman–Crippen LogP) is 5.70. The zero-order valence-electron chi connectivity index (χ0n) is 13.4. The molecule has 0 aliphatic rings. The van der Waals surface area contributed by atoms with Crippen molar-refractivity contribution in [2.45, 2.75) is 11.0 Å². The molecule has 0 radical (unpaired) electrons. The molecule has 0 unspecified atom stereocenters. The summed E-state index contributed by atoms with van der Waals surface area (Å²) in [5, 5.41) is 17.3. The van der Waals surface area contributed by atoms with Crippen LogP contribution in [-0.4, -0.2) is 20.2 Å². The molecular weight excluding hydrogens is 384 g/mol. The van der Waals surface area contributed by atoms with Gasteiger partial charge in [0.1, 0.15) is 5.01 Å². The Hall–Kier alpha value is -2.42. The molecule has 128 valence electrons. The van der Waals surface area contributed by atoms with Crippen molar-refractivity contribution in [1.29, 1.82) is 0 Å². The summed E-state index contributed by atoms with van der Waals surface area (Å²) in [4.78, 5) is 7.90. The van der Waals surface area contributed by atoms with Gasteiger partial charge in [0.15, 0.2) is 0 Å². The van der Waals surface area contributed by atoms with E-state index in [1.54, 1.807) is 22.7 Å². The molecular formula is C18H12N4OS3. The summed E-state index contributed by atoms with van der Waals surface area (Å²) in [5.74, 6) is 1.23. The molecule has 5 rings (SSSR count). The first-order chi connectivity index (χ1) is 12.9. The van der Waals surface area contributed by atoms with Crippen LogP contribution in [0, 0.1) is 0 Å². The minimum atomic E-state index is 0.530. The molecule has 26 heavy (non-hydrogen) atoms. The van der Waals surface area contributed by atoms with Crippen LogP contribution < -0.4 is 0 Å². The number of hydrogen-bond acceptors (Lipinski definition) is 7. The second kappa shape index (κ2) is 6.71. The normalized spacial score (nSPS) is 11.4. The molecule has 0 aliphatic carbocycles. The number of aromatic nitrogens is 4. The fraction of sp³-hybridized carbons (Fsp3) is 0.0556. The largest absolute Gasteiger partial charge is 0.411 e. The maximum atomic E-state index is 5.83. The van der Waals surface area contributed by atoms with E-state index in [1.807, 2.05) is 30.5 Å². The molecule has 0 saturated heterocycles. The fourth-order valence-electron chi connectivity index (χ4n) is 2.65. The summed E-state index contributed by atoms with van der Waals surface area (Å²) in [6.45, 7) is 0. The first-order valence-corrected chi connectivity index (χ1v) is 10.7. The number of nitrogens with one attached hydrogen (secondary N) is 1. The first-order valence-electron chi connectivity index (χ1n) is 7.86. The lowest BCUT2D eigenvalue weighted by Gasteiger charge is -1.93. The van der Waals surface area contributed by atoms with Gasteiger partial charge in [-0.1, -0.05) is 30.0 Å². The van der Waals surface area contributed by atoms with Gasteiger partial charge < -0.3 is 9.40 Å². The van der Waals surface area contributed by atoms with Gasteiger partial charge in [0.2, 0.25) is 0 Å². The molecule has 0 fully saturated rings. The molecule has 1 N–H and O–H groups in total. The van der Waals surface area contributed by atoms with Crippen molar-refractivity contribution in [1.82, 2.24) is 20.2 Å². The molecule has 0 saturated carbocycles. The van der Waals surface area contributed by atoms with Gasteiger partial charge in [0, 0.05) is 39.2 Å². The number of thiophene rings is 1. The molecule has 5 aromatic rings. The van der Waals surface area contributed by atoms with Crippen LogP contribution in [0.5, 0.6) is 0 Å².